The zero-order valence-electron chi connectivity index (χ0n) is 11.8. The van der Waals surface area contributed by atoms with Crippen LogP contribution in [0.25, 0.3) is 0 Å². The average Bonchev–Trinajstić information content (AvgIpc) is 2.37. The number of nitrogen functional groups attached to an aromatic ring is 1. The number of nitro groups is 1. The summed E-state index contributed by atoms with van der Waals surface area (Å²) in [5.74, 6) is 0. The molecule has 0 heterocycles. The number of anilines is 1. The van der Waals surface area contributed by atoms with Gasteiger partial charge in [-0.25, -0.2) is 13.1 Å². The van der Waals surface area contributed by atoms with E-state index < -0.39 is 14.9 Å². The Morgan fingerprint density at radius 3 is 2.52 bits per heavy atom. The van der Waals surface area contributed by atoms with E-state index in [1.165, 1.54) is 6.07 Å². The van der Waals surface area contributed by atoms with Gasteiger partial charge in [-0.15, -0.1) is 0 Å². The minimum atomic E-state index is -3.70. The molecular weight excluding hydrogens is 294 g/mol. The first-order chi connectivity index (χ1) is 9.80. The molecule has 0 saturated heterocycles. The molecule has 1 aliphatic rings. The van der Waals surface area contributed by atoms with Crippen LogP contribution < -0.4 is 10.5 Å². The van der Waals surface area contributed by atoms with Crippen LogP contribution in [0.2, 0.25) is 0 Å². The van der Waals surface area contributed by atoms with Gasteiger partial charge in [-0.2, -0.15) is 0 Å². The summed E-state index contributed by atoms with van der Waals surface area (Å²) >= 11 is 0. The van der Waals surface area contributed by atoms with Crippen molar-refractivity contribution in [2.24, 2.45) is 5.41 Å². The van der Waals surface area contributed by atoms with Gasteiger partial charge in [-0.3, -0.25) is 10.1 Å². The van der Waals surface area contributed by atoms with E-state index in [9.17, 15) is 18.5 Å². The van der Waals surface area contributed by atoms with Crippen molar-refractivity contribution in [1.29, 1.82) is 0 Å². The highest BCUT2D eigenvalue weighted by Crippen LogP contribution is 2.43. The lowest BCUT2D eigenvalue weighted by Crippen LogP contribution is -2.41. The van der Waals surface area contributed by atoms with Gasteiger partial charge in [-0.05, 0) is 36.8 Å². The standard InChI is InChI=1S/C13H19N3O4S/c1-2-13(6-3-7-13)9-15-21(19,20)10-4-5-12(16(17)18)11(14)8-10/h4-5,8,15H,2-3,6-7,9,14H2,1H3. The normalized spacial score (nSPS) is 17.2. The van der Waals surface area contributed by atoms with Crippen LogP contribution in [-0.4, -0.2) is 19.9 Å². The van der Waals surface area contributed by atoms with E-state index in [1.54, 1.807) is 0 Å². The number of rotatable bonds is 6. The van der Waals surface area contributed by atoms with Crippen molar-refractivity contribution >= 4 is 21.4 Å². The van der Waals surface area contributed by atoms with Crippen molar-refractivity contribution in [3.63, 3.8) is 0 Å². The van der Waals surface area contributed by atoms with Gasteiger partial charge < -0.3 is 5.73 Å². The molecule has 1 saturated carbocycles. The zero-order chi connectivity index (χ0) is 15.7. The van der Waals surface area contributed by atoms with Crippen LogP contribution in [0.5, 0.6) is 0 Å². The number of sulfonamides is 1. The molecule has 1 fully saturated rings. The van der Waals surface area contributed by atoms with Crippen molar-refractivity contribution in [2.75, 3.05) is 12.3 Å². The minimum absolute atomic E-state index is 0.0452. The molecular formula is C13H19N3O4S. The van der Waals surface area contributed by atoms with Gasteiger partial charge in [0.05, 0.1) is 9.82 Å². The molecule has 2 rings (SSSR count). The fourth-order valence-electron chi connectivity index (χ4n) is 2.53. The lowest BCUT2D eigenvalue weighted by molar-refractivity contribution is -0.383. The molecule has 1 aromatic carbocycles. The van der Waals surface area contributed by atoms with Crippen LogP contribution in [0.1, 0.15) is 32.6 Å². The number of hydrogen-bond donors (Lipinski definition) is 2. The SMILES string of the molecule is CCC1(CNS(=O)(=O)c2ccc([N+](=O)[O-])c(N)c2)CCC1. The largest absolute Gasteiger partial charge is 0.393 e. The summed E-state index contributed by atoms with van der Waals surface area (Å²) in [5.41, 5.74) is 5.14. The van der Waals surface area contributed by atoms with E-state index in [0.29, 0.717) is 6.54 Å². The zero-order valence-corrected chi connectivity index (χ0v) is 12.6. The molecule has 1 aromatic rings. The van der Waals surface area contributed by atoms with Gasteiger partial charge in [-0.1, -0.05) is 13.3 Å². The molecule has 0 bridgehead atoms. The Balaban J connectivity index is 2.16. The summed E-state index contributed by atoms with van der Waals surface area (Å²) in [6, 6.07) is 3.44. The average molecular weight is 313 g/mol. The molecule has 21 heavy (non-hydrogen) atoms. The van der Waals surface area contributed by atoms with Crippen LogP contribution >= 0.6 is 0 Å². The highest BCUT2D eigenvalue weighted by molar-refractivity contribution is 7.89. The predicted octanol–water partition coefficient (Wildman–Crippen LogP) is 2.04. The molecule has 0 unspecified atom stereocenters. The van der Waals surface area contributed by atoms with Gasteiger partial charge in [0, 0.05) is 12.6 Å². The number of nitrogens with two attached hydrogens (primary N) is 1. The Kier molecular flexibility index (Phi) is 4.20. The Hall–Kier alpha value is -1.67. The highest BCUT2D eigenvalue weighted by Gasteiger charge is 2.36. The van der Waals surface area contributed by atoms with Gasteiger partial charge in [0.25, 0.3) is 5.69 Å². The fourth-order valence-corrected chi connectivity index (χ4v) is 3.72. The molecule has 1 aliphatic carbocycles. The number of hydrogen-bond acceptors (Lipinski definition) is 5. The van der Waals surface area contributed by atoms with E-state index >= 15 is 0 Å². The minimum Gasteiger partial charge on any atom is -0.393 e. The molecule has 7 nitrogen and oxygen atoms in total. The molecule has 0 radical (unpaired) electrons. The molecule has 116 valence electrons. The summed E-state index contributed by atoms with van der Waals surface area (Å²) in [5, 5.41) is 10.7. The van der Waals surface area contributed by atoms with Crippen LogP contribution in [-0.2, 0) is 10.0 Å². The predicted molar refractivity (Wildman–Crippen MR) is 79.3 cm³/mol. The van der Waals surface area contributed by atoms with E-state index in [0.717, 1.165) is 37.8 Å². The molecule has 0 atom stereocenters. The second kappa shape index (κ2) is 5.61. The molecule has 0 amide bonds. The van der Waals surface area contributed by atoms with E-state index in [1.807, 2.05) is 0 Å². The number of benzene rings is 1. The molecule has 0 aliphatic heterocycles. The Morgan fingerprint density at radius 2 is 2.10 bits per heavy atom. The molecule has 0 aromatic heterocycles. The van der Waals surface area contributed by atoms with E-state index in [4.69, 9.17) is 5.73 Å². The Bertz CT molecular complexity index is 648. The van der Waals surface area contributed by atoms with Crippen molar-refractivity contribution < 1.29 is 13.3 Å². The maximum atomic E-state index is 12.2. The fraction of sp³-hybridized carbons (Fsp3) is 0.538. The molecule has 8 heteroatoms. The first-order valence-electron chi connectivity index (χ1n) is 6.83. The molecule has 3 N–H and O–H groups in total. The second-order valence-corrected chi connectivity index (χ2v) is 7.28. The van der Waals surface area contributed by atoms with Gasteiger partial charge in [0.1, 0.15) is 5.69 Å². The Morgan fingerprint density at radius 1 is 1.43 bits per heavy atom. The van der Waals surface area contributed by atoms with Crippen LogP contribution in [0.4, 0.5) is 11.4 Å². The van der Waals surface area contributed by atoms with Crippen LogP contribution in [0.15, 0.2) is 23.1 Å². The first kappa shape index (κ1) is 15.7. The highest BCUT2D eigenvalue weighted by atomic mass is 32.2. The summed E-state index contributed by atoms with van der Waals surface area (Å²) in [7, 11) is -3.70. The number of nitrogens with zero attached hydrogens (tertiary/aromatic N) is 1. The topological polar surface area (TPSA) is 115 Å². The van der Waals surface area contributed by atoms with Gasteiger partial charge >= 0.3 is 0 Å². The van der Waals surface area contributed by atoms with Crippen molar-refractivity contribution in [1.82, 2.24) is 4.72 Å². The second-order valence-electron chi connectivity index (χ2n) is 5.51. The quantitative estimate of drug-likeness (QED) is 0.473. The third-order valence-electron chi connectivity index (χ3n) is 4.31. The smallest absolute Gasteiger partial charge is 0.292 e. The van der Waals surface area contributed by atoms with Crippen LogP contribution in [0, 0.1) is 15.5 Å². The third-order valence-corrected chi connectivity index (χ3v) is 5.71. The van der Waals surface area contributed by atoms with Crippen LogP contribution in [0.3, 0.4) is 0 Å². The number of nitro benzene ring substituents is 1. The van der Waals surface area contributed by atoms with Crippen molar-refractivity contribution in [2.45, 2.75) is 37.5 Å². The lowest BCUT2D eigenvalue weighted by Gasteiger charge is -2.41. The van der Waals surface area contributed by atoms with Gasteiger partial charge in [0.15, 0.2) is 0 Å². The van der Waals surface area contributed by atoms with E-state index in [-0.39, 0.29) is 21.7 Å². The first-order valence-corrected chi connectivity index (χ1v) is 8.32. The monoisotopic (exact) mass is 313 g/mol. The maximum Gasteiger partial charge on any atom is 0.292 e. The third kappa shape index (κ3) is 3.16. The summed E-state index contributed by atoms with van der Waals surface area (Å²) < 4.78 is 27.1. The Labute approximate surface area is 123 Å². The maximum absolute atomic E-state index is 12.2. The summed E-state index contributed by atoms with van der Waals surface area (Å²) in [6.45, 7) is 2.44. The van der Waals surface area contributed by atoms with E-state index in [2.05, 4.69) is 11.6 Å². The van der Waals surface area contributed by atoms with Crippen molar-refractivity contribution in [3.8, 4) is 0 Å². The van der Waals surface area contributed by atoms with Gasteiger partial charge in [0.2, 0.25) is 10.0 Å². The lowest BCUT2D eigenvalue weighted by atomic mass is 9.67. The summed E-state index contributed by atoms with van der Waals surface area (Å²) in [6.07, 6.45) is 4.10. The summed E-state index contributed by atoms with van der Waals surface area (Å²) in [4.78, 5) is 10.0. The molecule has 0 spiro atoms. The number of nitrogens with one attached hydrogen (secondary N) is 1. The van der Waals surface area contributed by atoms with Crippen molar-refractivity contribution in [3.05, 3.63) is 28.3 Å².